The molecule has 0 amide bonds. The molecule has 0 spiro atoms. The molecule has 3 atom stereocenters. The minimum absolute atomic E-state index is 0.471. The lowest BCUT2D eigenvalue weighted by Crippen LogP contribution is -2.38. The molecular formula is C16H26N2. The lowest BCUT2D eigenvalue weighted by Gasteiger charge is -2.28. The highest BCUT2D eigenvalue weighted by molar-refractivity contribution is 5.19. The third kappa shape index (κ3) is 3.33. The number of rotatable bonds is 5. The monoisotopic (exact) mass is 246 g/mol. The average molecular weight is 246 g/mol. The fraction of sp³-hybridized carbons (Fsp3) is 0.625. The van der Waals surface area contributed by atoms with E-state index >= 15 is 0 Å². The minimum atomic E-state index is 0.471. The topological polar surface area (TPSA) is 15.3 Å². The van der Waals surface area contributed by atoms with E-state index in [-0.39, 0.29) is 0 Å². The molecule has 0 aromatic heterocycles. The van der Waals surface area contributed by atoms with Gasteiger partial charge in [-0.1, -0.05) is 43.7 Å². The predicted molar refractivity (Wildman–Crippen MR) is 77.7 cm³/mol. The second-order valence-electron chi connectivity index (χ2n) is 5.81. The Morgan fingerprint density at radius 1 is 1.22 bits per heavy atom. The molecule has 0 saturated heterocycles. The molecule has 1 saturated carbocycles. The molecule has 1 aromatic rings. The number of nitrogens with one attached hydrogen (secondary N) is 1. The van der Waals surface area contributed by atoms with E-state index in [1.165, 1.54) is 24.8 Å². The Hall–Kier alpha value is -0.860. The molecule has 100 valence electrons. The zero-order valence-electron chi connectivity index (χ0n) is 11.9. The van der Waals surface area contributed by atoms with E-state index in [4.69, 9.17) is 0 Å². The zero-order chi connectivity index (χ0) is 13.0. The minimum Gasteiger partial charge on any atom is -0.312 e. The van der Waals surface area contributed by atoms with Crippen LogP contribution in [-0.2, 0) is 0 Å². The second-order valence-corrected chi connectivity index (χ2v) is 5.81. The highest BCUT2D eigenvalue weighted by Gasteiger charge is 2.24. The summed E-state index contributed by atoms with van der Waals surface area (Å²) >= 11 is 0. The Balaban J connectivity index is 1.95. The van der Waals surface area contributed by atoms with Crippen molar-refractivity contribution < 1.29 is 0 Å². The van der Waals surface area contributed by atoms with Crippen LogP contribution in [0.2, 0.25) is 0 Å². The maximum absolute atomic E-state index is 3.77. The van der Waals surface area contributed by atoms with Crippen LogP contribution >= 0.6 is 0 Å². The SMILES string of the molecule is CC1CCCC1NCC(c1ccccc1)N(C)C. The summed E-state index contributed by atoms with van der Waals surface area (Å²) in [6, 6.07) is 12.0. The van der Waals surface area contributed by atoms with Gasteiger partial charge >= 0.3 is 0 Å². The van der Waals surface area contributed by atoms with Crippen molar-refractivity contribution in [3.8, 4) is 0 Å². The summed E-state index contributed by atoms with van der Waals surface area (Å²) in [5.74, 6) is 0.837. The summed E-state index contributed by atoms with van der Waals surface area (Å²) in [6.45, 7) is 3.42. The molecule has 0 heterocycles. The number of nitrogens with zero attached hydrogens (tertiary/aromatic N) is 1. The van der Waals surface area contributed by atoms with Crippen LogP contribution in [-0.4, -0.2) is 31.6 Å². The average Bonchev–Trinajstić information content (AvgIpc) is 2.76. The van der Waals surface area contributed by atoms with Gasteiger partial charge in [0.15, 0.2) is 0 Å². The van der Waals surface area contributed by atoms with Crippen LogP contribution in [0.15, 0.2) is 30.3 Å². The molecule has 2 nitrogen and oxygen atoms in total. The summed E-state index contributed by atoms with van der Waals surface area (Å²) in [4.78, 5) is 2.31. The van der Waals surface area contributed by atoms with E-state index in [1.807, 2.05) is 0 Å². The van der Waals surface area contributed by atoms with Crippen LogP contribution in [0.5, 0.6) is 0 Å². The van der Waals surface area contributed by atoms with Gasteiger partial charge in [0.25, 0.3) is 0 Å². The molecule has 3 unspecified atom stereocenters. The van der Waals surface area contributed by atoms with Crippen LogP contribution < -0.4 is 5.32 Å². The van der Waals surface area contributed by atoms with E-state index < -0.39 is 0 Å². The molecule has 1 aliphatic carbocycles. The van der Waals surface area contributed by atoms with Gasteiger partial charge in [-0.3, -0.25) is 0 Å². The third-order valence-electron chi connectivity index (χ3n) is 4.24. The standard InChI is InChI=1S/C16H26N2/c1-13-8-7-11-15(13)17-12-16(18(2)3)14-9-5-4-6-10-14/h4-6,9-10,13,15-17H,7-8,11-12H2,1-3H3. The fourth-order valence-corrected chi connectivity index (χ4v) is 2.99. The molecule has 0 radical (unpaired) electrons. The van der Waals surface area contributed by atoms with Crippen molar-refractivity contribution in [1.82, 2.24) is 10.2 Å². The van der Waals surface area contributed by atoms with Crippen molar-refractivity contribution in [3.05, 3.63) is 35.9 Å². The van der Waals surface area contributed by atoms with E-state index in [2.05, 4.69) is 61.6 Å². The fourth-order valence-electron chi connectivity index (χ4n) is 2.99. The first-order valence-electron chi connectivity index (χ1n) is 7.13. The maximum atomic E-state index is 3.77. The Morgan fingerprint density at radius 2 is 1.94 bits per heavy atom. The highest BCUT2D eigenvalue weighted by Crippen LogP contribution is 2.26. The molecule has 1 aromatic carbocycles. The lowest BCUT2D eigenvalue weighted by molar-refractivity contribution is 0.271. The second kappa shape index (κ2) is 6.35. The Labute approximate surface area is 111 Å². The predicted octanol–water partition coefficient (Wildman–Crippen LogP) is 3.07. The van der Waals surface area contributed by atoms with Crippen molar-refractivity contribution >= 4 is 0 Å². The van der Waals surface area contributed by atoms with Crippen LogP contribution in [0, 0.1) is 5.92 Å². The number of benzene rings is 1. The molecule has 0 bridgehead atoms. The van der Waals surface area contributed by atoms with E-state index in [0.717, 1.165) is 18.5 Å². The summed E-state index contributed by atoms with van der Waals surface area (Å²) < 4.78 is 0. The molecule has 2 rings (SSSR count). The van der Waals surface area contributed by atoms with Gasteiger partial charge in [0.05, 0.1) is 0 Å². The maximum Gasteiger partial charge on any atom is 0.0466 e. The summed E-state index contributed by atoms with van der Waals surface area (Å²) in [7, 11) is 4.33. The van der Waals surface area contributed by atoms with Crippen LogP contribution in [0.25, 0.3) is 0 Å². The number of hydrogen-bond acceptors (Lipinski definition) is 2. The van der Waals surface area contributed by atoms with Crippen LogP contribution in [0.3, 0.4) is 0 Å². The Morgan fingerprint density at radius 3 is 2.50 bits per heavy atom. The highest BCUT2D eigenvalue weighted by atomic mass is 15.1. The van der Waals surface area contributed by atoms with Crippen molar-refractivity contribution in [2.24, 2.45) is 5.92 Å². The quantitative estimate of drug-likeness (QED) is 0.859. The number of hydrogen-bond donors (Lipinski definition) is 1. The zero-order valence-corrected chi connectivity index (χ0v) is 11.9. The van der Waals surface area contributed by atoms with Crippen molar-refractivity contribution in [2.75, 3.05) is 20.6 Å². The molecule has 2 heteroatoms. The summed E-state index contributed by atoms with van der Waals surface area (Å²) in [6.07, 6.45) is 4.11. The molecular weight excluding hydrogens is 220 g/mol. The third-order valence-corrected chi connectivity index (χ3v) is 4.24. The summed E-state index contributed by atoms with van der Waals surface area (Å²) in [5, 5.41) is 3.77. The molecule has 18 heavy (non-hydrogen) atoms. The first-order valence-corrected chi connectivity index (χ1v) is 7.13. The largest absolute Gasteiger partial charge is 0.312 e. The van der Waals surface area contributed by atoms with Gasteiger partial charge in [-0.15, -0.1) is 0 Å². The van der Waals surface area contributed by atoms with E-state index in [9.17, 15) is 0 Å². The number of likely N-dealkylation sites (N-methyl/N-ethyl adjacent to an activating group) is 1. The van der Waals surface area contributed by atoms with Crippen molar-refractivity contribution in [2.45, 2.75) is 38.3 Å². The van der Waals surface area contributed by atoms with Gasteiger partial charge < -0.3 is 10.2 Å². The Kier molecular flexibility index (Phi) is 4.79. The molecule has 1 N–H and O–H groups in total. The van der Waals surface area contributed by atoms with Gasteiger partial charge in [-0.25, -0.2) is 0 Å². The smallest absolute Gasteiger partial charge is 0.0466 e. The van der Waals surface area contributed by atoms with Gasteiger partial charge in [0, 0.05) is 18.6 Å². The first-order chi connectivity index (χ1) is 8.68. The molecule has 0 aliphatic heterocycles. The van der Waals surface area contributed by atoms with Crippen molar-refractivity contribution in [1.29, 1.82) is 0 Å². The lowest BCUT2D eigenvalue weighted by atomic mass is 10.0. The molecule has 1 fully saturated rings. The summed E-state index contributed by atoms with van der Waals surface area (Å²) in [5.41, 5.74) is 1.40. The van der Waals surface area contributed by atoms with E-state index in [0.29, 0.717) is 6.04 Å². The van der Waals surface area contributed by atoms with Gasteiger partial charge in [0.2, 0.25) is 0 Å². The van der Waals surface area contributed by atoms with Crippen LogP contribution in [0.1, 0.15) is 37.8 Å². The van der Waals surface area contributed by atoms with Gasteiger partial charge in [0.1, 0.15) is 0 Å². The van der Waals surface area contributed by atoms with Gasteiger partial charge in [-0.2, -0.15) is 0 Å². The first kappa shape index (κ1) is 13.6. The normalized spacial score (nSPS) is 25.6. The van der Waals surface area contributed by atoms with E-state index in [1.54, 1.807) is 0 Å². The molecule has 1 aliphatic rings. The van der Waals surface area contributed by atoms with Gasteiger partial charge in [-0.05, 0) is 38.4 Å². The Bertz CT molecular complexity index is 347. The van der Waals surface area contributed by atoms with Crippen LogP contribution in [0.4, 0.5) is 0 Å². The van der Waals surface area contributed by atoms with Crippen molar-refractivity contribution in [3.63, 3.8) is 0 Å².